The predicted molar refractivity (Wildman–Crippen MR) is 48.0 cm³/mol. The van der Waals surface area contributed by atoms with Crippen LogP contribution in [0.2, 0.25) is 0 Å². The molecule has 0 aromatic carbocycles. The van der Waals surface area contributed by atoms with E-state index >= 15 is 0 Å². The summed E-state index contributed by atoms with van der Waals surface area (Å²) in [6.45, 7) is 13.8. The molecule has 0 atom stereocenters. The van der Waals surface area contributed by atoms with Crippen LogP contribution in [0, 0.1) is 0 Å². The van der Waals surface area contributed by atoms with Crippen LogP contribution in [0.15, 0.2) is 36.0 Å². The minimum absolute atomic E-state index is 1.04. The molecule has 0 aliphatic heterocycles. The maximum atomic E-state index is 3.87. The summed E-state index contributed by atoms with van der Waals surface area (Å²) in [6, 6.07) is 0. The summed E-state index contributed by atoms with van der Waals surface area (Å²) < 4.78 is 0. The maximum absolute atomic E-state index is 3.87. The Morgan fingerprint density at radius 3 is 2.00 bits per heavy atom. The normalized spacial score (nSPS) is 12.3. The molecule has 10 heavy (non-hydrogen) atoms. The largest absolute Gasteiger partial charge is 0.0988 e. The van der Waals surface area contributed by atoms with Gasteiger partial charge in [-0.05, 0) is 31.4 Å². The van der Waals surface area contributed by atoms with Gasteiger partial charge in [0.15, 0.2) is 0 Å². The second kappa shape index (κ2) is 4.10. The molecule has 0 heterocycles. The van der Waals surface area contributed by atoms with Crippen molar-refractivity contribution in [1.29, 1.82) is 0 Å². The van der Waals surface area contributed by atoms with Crippen LogP contribution < -0.4 is 0 Å². The third-order valence-corrected chi connectivity index (χ3v) is 1.75. The summed E-state index contributed by atoms with van der Waals surface area (Å²) in [5, 5.41) is 0. The fourth-order valence-corrected chi connectivity index (χ4v) is 0.837. The zero-order valence-corrected chi connectivity index (χ0v) is 7.20. The van der Waals surface area contributed by atoms with Crippen LogP contribution in [0.1, 0.15) is 27.2 Å². The molecule has 0 aliphatic rings. The molecule has 0 aromatic rings. The highest BCUT2D eigenvalue weighted by Gasteiger charge is 1.95. The van der Waals surface area contributed by atoms with E-state index in [1.54, 1.807) is 0 Å². The van der Waals surface area contributed by atoms with Gasteiger partial charge in [-0.25, -0.2) is 0 Å². The van der Waals surface area contributed by atoms with E-state index in [0.29, 0.717) is 0 Å². The van der Waals surface area contributed by atoms with Crippen molar-refractivity contribution in [2.24, 2.45) is 0 Å². The van der Waals surface area contributed by atoms with E-state index in [-0.39, 0.29) is 0 Å². The zero-order valence-electron chi connectivity index (χ0n) is 7.20. The first kappa shape index (κ1) is 9.22. The molecule has 0 saturated carbocycles. The lowest BCUT2D eigenvalue weighted by Crippen LogP contribution is -1.84. The van der Waals surface area contributed by atoms with Gasteiger partial charge in [-0.3, -0.25) is 0 Å². The topological polar surface area (TPSA) is 0 Å². The molecule has 0 spiro atoms. The zero-order chi connectivity index (χ0) is 8.15. The van der Waals surface area contributed by atoms with Gasteiger partial charge in [-0.2, -0.15) is 0 Å². The molecule has 0 N–H and O–H groups in total. The monoisotopic (exact) mass is 136 g/mol. The van der Waals surface area contributed by atoms with Crippen LogP contribution in [0.4, 0.5) is 0 Å². The van der Waals surface area contributed by atoms with Gasteiger partial charge in [0.2, 0.25) is 0 Å². The Morgan fingerprint density at radius 2 is 1.90 bits per heavy atom. The summed E-state index contributed by atoms with van der Waals surface area (Å²) >= 11 is 0. The van der Waals surface area contributed by atoms with Crippen LogP contribution in [0.3, 0.4) is 0 Å². The lowest BCUT2D eigenvalue weighted by Gasteiger charge is -2.04. The van der Waals surface area contributed by atoms with Crippen LogP contribution in [0.25, 0.3) is 0 Å². The standard InChI is InChI=1S/C10H16/c1-6-10(7-2)9(5)8(3)4/h6H,1,3,7H2,2,4-5H3/b10-9+. The van der Waals surface area contributed by atoms with Gasteiger partial charge < -0.3 is 0 Å². The van der Waals surface area contributed by atoms with Crippen molar-refractivity contribution in [2.45, 2.75) is 27.2 Å². The molecule has 0 rings (SSSR count). The van der Waals surface area contributed by atoms with E-state index in [0.717, 1.165) is 12.0 Å². The molecule has 0 saturated heterocycles. The van der Waals surface area contributed by atoms with E-state index in [1.807, 2.05) is 13.0 Å². The van der Waals surface area contributed by atoms with Crippen LogP contribution >= 0.6 is 0 Å². The van der Waals surface area contributed by atoms with Gasteiger partial charge in [0.05, 0.1) is 0 Å². The molecule has 0 amide bonds. The maximum Gasteiger partial charge on any atom is -0.0305 e. The van der Waals surface area contributed by atoms with Gasteiger partial charge in [-0.15, -0.1) is 0 Å². The lowest BCUT2D eigenvalue weighted by atomic mass is 10.0. The summed E-state index contributed by atoms with van der Waals surface area (Å²) in [5.41, 5.74) is 3.71. The third kappa shape index (κ3) is 2.22. The molecule has 0 fully saturated rings. The average Bonchev–Trinajstić information content (AvgIpc) is 1.90. The molecule has 56 valence electrons. The van der Waals surface area contributed by atoms with Crippen molar-refractivity contribution in [2.75, 3.05) is 0 Å². The molecule has 0 bridgehead atoms. The van der Waals surface area contributed by atoms with Gasteiger partial charge in [0, 0.05) is 0 Å². The van der Waals surface area contributed by atoms with Crippen molar-refractivity contribution in [3.63, 3.8) is 0 Å². The van der Waals surface area contributed by atoms with E-state index in [4.69, 9.17) is 0 Å². The third-order valence-electron chi connectivity index (χ3n) is 1.75. The smallest absolute Gasteiger partial charge is 0.0305 e. The van der Waals surface area contributed by atoms with Gasteiger partial charge in [0.25, 0.3) is 0 Å². The molecular formula is C10H16. The first-order valence-corrected chi connectivity index (χ1v) is 3.61. The second-order valence-corrected chi connectivity index (χ2v) is 2.49. The highest BCUT2D eigenvalue weighted by molar-refractivity contribution is 5.34. The Balaban J connectivity index is 4.59. The van der Waals surface area contributed by atoms with Gasteiger partial charge >= 0.3 is 0 Å². The SMILES string of the molecule is C=C/C(CC)=C(/C)C(=C)C. The van der Waals surface area contributed by atoms with Crippen LogP contribution in [0.5, 0.6) is 0 Å². The Bertz CT molecular complexity index is 170. The van der Waals surface area contributed by atoms with Gasteiger partial charge in [0.1, 0.15) is 0 Å². The molecule has 0 aromatic heterocycles. The van der Waals surface area contributed by atoms with Crippen molar-refractivity contribution in [1.82, 2.24) is 0 Å². The predicted octanol–water partition coefficient (Wildman–Crippen LogP) is 3.48. The summed E-state index contributed by atoms with van der Waals surface area (Å²) in [4.78, 5) is 0. The van der Waals surface area contributed by atoms with E-state index in [1.165, 1.54) is 11.1 Å². The first-order chi connectivity index (χ1) is 4.63. The quantitative estimate of drug-likeness (QED) is 0.521. The summed E-state index contributed by atoms with van der Waals surface area (Å²) in [5.74, 6) is 0. The van der Waals surface area contributed by atoms with E-state index in [2.05, 4.69) is 27.0 Å². The minimum atomic E-state index is 1.04. The van der Waals surface area contributed by atoms with Gasteiger partial charge in [-0.1, -0.05) is 31.7 Å². The molecular weight excluding hydrogens is 120 g/mol. The lowest BCUT2D eigenvalue weighted by molar-refractivity contribution is 1.11. The summed E-state index contributed by atoms with van der Waals surface area (Å²) in [6.07, 6.45) is 2.95. The second-order valence-electron chi connectivity index (χ2n) is 2.49. The highest BCUT2D eigenvalue weighted by Crippen LogP contribution is 2.15. The van der Waals surface area contributed by atoms with Crippen LogP contribution in [-0.4, -0.2) is 0 Å². The number of hydrogen-bond donors (Lipinski definition) is 0. The number of allylic oxidation sites excluding steroid dienone is 4. The summed E-state index contributed by atoms with van der Waals surface area (Å²) in [7, 11) is 0. The Kier molecular flexibility index (Phi) is 3.78. The fraction of sp³-hybridized carbons (Fsp3) is 0.400. The average molecular weight is 136 g/mol. The Morgan fingerprint density at radius 1 is 1.40 bits per heavy atom. The van der Waals surface area contributed by atoms with Crippen LogP contribution in [-0.2, 0) is 0 Å². The molecule has 0 unspecified atom stereocenters. The Hall–Kier alpha value is -0.780. The van der Waals surface area contributed by atoms with Crippen molar-refractivity contribution >= 4 is 0 Å². The van der Waals surface area contributed by atoms with E-state index < -0.39 is 0 Å². The molecule has 0 heteroatoms. The molecule has 0 nitrogen and oxygen atoms in total. The molecule has 0 aliphatic carbocycles. The van der Waals surface area contributed by atoms with Crippen molar-refractivity contribution < 1.29 is 0 Å². The first-order valence-electron chi connectivity index (χ1n) is 3.61. The fourth-order valence-electron chi connectivity index (χ4n) is 0.837. The highest BCUT2D eigenvalue weighted by atomic mass is 14.0. The minimum Gasteiger partial charge on any atom is -0.0988 e. The number of hydrogen-bond acceptors (Lipinski definition) is 0. The number of rotatable bonds is 3. The Labute approximate surface area is 64.0 Å². The van der Waals surface area contributed by atoms with E-state index in [9.17, 15) is 0 Å². The van der Waals surface area contributed by atoms with Crippen molar-refractivity contribution in [3.8, 4) is 0 Å². The molecule has 0 radical (unpaired) electrons. The van der Waals surface area contributed by atoms with Crippen molar-refractivity contribution in [3.05, 3.63) is 36.0 Å².